The molecule has 2 aromatic rings. The van der Waals surface area contributed by atoms with E-state index < -0.39 is 11.9 Å². The van der Waals surface area contributed by atoms with Crippen LogP contribution in [0.5, 0.6) is 17.2 Å². The van der Waals surface area contributed by atoms with E-state index in [9.17, 15) is 9.59 Å². The summed E-state index contributed by atoms with van der Waals surface area (Å²) in [4.78, 5) is 23.5. The van der Waals surface area contributed by atoms with Gasteiger partial charge in [0.05, 0.1) is 24.8 Å². The van der Waals surface area contributed by atoms with Gasteiger partial charge in [-0.1, -0.05) is 51.9 Å². The molecule has 0 aliphatic rings. The Balaban J connectivity index is 1.77. The lowest BCUT2D eigenvalue weighted by atomic mass is 10.1. The number of benzene rings is 2. The van der Waals surface area contributed by atoms with Gasteiger partial charge in [0, 0.05) is 0 Å². The number of carbonyl (C=O) groups excluding carboxylic acids is 1. The summed E-state index contributed by atoms with van der Waals surface area (Å²) in [5.74, 6) is -0.594. The van der Waals surface area contributed by atoms with Crippen LogP contribution in [0.3, 0.4) is 0 Å². The minimum atomic E-state index is -1.08. The lowest BCUT2D eigenvalue weighted by Gasteiger charge is -2.10. The maximum Gasteiger partial charge on any atom is 0.343 e. The molecule has 168 valence electrons. The van der Waals surface area contributed by atoms with Crippen molar-refractivity contribution in [1.29, 1.82) is 0 Å². The summed E-state index contributed by atoms with van der Waals surface area (Å²) in [5.41, 5.74) is 0.415. The van der Waals surface area contributed by atoms with Gasteiger partial charge in [0.15, 0.2) is 11.5 Å². The van der Waals surface area contributed by atoms with Gasteiger partial charge in [-0.15, -0.1) is 0 Å². The van der Waals surface area contributed by atoms with E-state index in [1.807, 2.05) is 0 Å². The van der Waals surface area contributed by atoms with Crippen molar-refractivity contribution < 1.29 is 28.9 Å². The van der Waals surface area contributed by atoms with Gasteiger partial charge in [0.25, 0.3) is 0 Å². The van der Waals surface area contributed by atoms with Crippen LogP contribution in [0.1, 0.15) is 79.0 Å². The molecule has 6 heteroatoms. The number of carbonyl (C=O) groups is 2. The number of rotatable bonds is 14. The zero-order chi connectivity index (χ0) is 22.5. The predicted octanol–water partition coefficient (Wildman–Crippen LogP) is 6.13. The number of hydrogen-bond acceptors (Lipinski definition) is 5. The van der Waals surface area contributed by atoms with Crippen molar-refractivity contribution in [3.05, 3.63) is 53.6 Å². The zero-order valence-corrected chi connectivity index (χ0v) is 18.4. The summed E-state index contributed by atoms with van der Waals surface area (Å²) in [7, 11) is 1.39. The van der Waals surface area contributed by atoms with Crippen LogP contribution < -0.4 is 14.2 Å². The summed E-state index contributed by atoms with van der Waals surface area (Å²) in [6.45, 7) is 2.89. The highest BCUT2D eigenvalue weighted by molar-refractivity contribution is 5.92. The van der Waals surface area contributed by atoms with Crippen molar-refractivity contribution >= 4 is 11.9 Å². The zero-order valence-electron chi connectivity index (χ0n) is 18.4. The van der Waals surface area contributed by atoms with Gasteiger partial charge in [0.1, 0.15) is 5.75 Å². The number of ether oxygens (including phenoxy) is 3. The standard InChI is InChI=1S/C25H32O6/c1-3-4-5-6-7-8-9-10-17-30-21-14-11-19(12-15-21)25(28)31-22-16-13-20(24(26)27)18-23(22)29-2/h11-16,18H,3-10,17H2,1-2H3,(H,26,27). The molecule has 0 radical (unpaired) electrons. The van der Waals surface area contributed by atoms with Gasteiger partial charge >= 0.3 is 11.9 Å². The molecule has 0 unspecified atom stereocenters. The largest absolute Gasteiger partial charge is 0.494 e. The van der Waals surface area contributed by atoms with Crippen LogP contribution in [0.4, 0.5) is 0 Å². The van der Waals surface area contributed by atoms with E-state index in [1.165, 1.54) is 70.3 Å². The SMILES string of the molecule is CCCCCCCCCCOc1ccc(C(=O)Oc2ccc(C(=O)O)cc2OC)cc1. The second-order valence-electron chi connectivity index (χ2n) is 7.41. The molecule has 6 nitrogen and oxygen atoms in total. The van der Waals surface area contributed by atoms with E-state index >= 15 is 0 Å². The highest BCUT2D eigenvalue weighted by atomic mass is 16.6. The average molecular weight is 429 g/mol. The van der Waals surface area contributed by atoms with Crippen LogP contribution >= 0.6 is 0 Å². The van der Waals surface area contributed by atoms with E-state index in [1.54, 1.807) is 24.3 Å². The number of carboxylic acid groups (broad SMARTS) is 1. The third-order valence-corrected chi connectivity index (χ3v) is 4.97. The Morgan fingerprint density at radius 3 is 2.03 bits per heavy atom. The smallest absolute Gasteiger partial charge is 0.343 e. The molecule has 0 fully saturated rings. The molecule has 0 heterocycles. The van der Waals surface area contributed by atoms with Crippen LogP contribution in [0.25, 0.3) is 0 Å². The van der Waals surface area contributed by atoms with Gasteiger partial charge < -0.3 is 19.3 Å². The Kier molecular flexibility index (Phi) is 10.4. The van der Waals surface area contributed by atoms with Gasteiger partial charge in [-0.3, -0.25) is 0 Å². The fourth-order valence-corrected chi connectivity index (χ4v) is 3.16. The lowest BCUT2D eigenvalue weighted by molar-refractivity contribution is 0.0696. The summed E-state index contributed by atoms with van der Waals surface area (Å²) in [6.07, 6.45) is 9.98. The molecule has 0 atom stereocenters. The summed E-state index contributed by atoms with van der Waals surface area (Å²) < 4.78 is 16.2. The van der Waals surface area contributed by atoms with E-state index in [0.29, 0.717) is 17.9 Å². The predicted molar refractivity (Wildman–Crippen MR) is 119 cm³/mol. The van der Waals surface area contributed by atoms with Crippen molar-refractivity contribution in [1.82, 2.24) is 0 Å². The molecule has 0 saturated carbocycles. The Bertz CT molecular complexity index is 828. The van der Waals surface area contributed by atoms with Gasteiger partial charge in [0.2, 0.25) is 0 Å². The molecule has 0 aliphatic carbocycles. The number of unbranched alkanes of at least 4 members (excludes halogenated alkanes) is 7. The number of methoxy groups -OCH3 is 1. The highest BCUT2D eigenvalue weighted by Crippen LogP contribution is 2.29. The first-order valence-electron chi connectivity index (χ1n) is 10.9. The van der Waals surface area contributed by atoms with Crippen molar-refractivity contribution in [3.8, 4) is 17.2 Å². The molecule has 2 aromatic carbocycles. The second-order valence-corrected chi connectivity index (χ2v) is 7.41. The molecule has 0 aromatic heterocycles. The van der Waals surface area contributed by atoms with Crippen LogP contribution in [0, 0.1) is 0 Å². The first kappa shape index (κ1) is 24.3. The Morgan fingerprint density at radius 2 is 1.42 bits per heavy atom. The minimum absolute atomic E-state index is 0.0506. The molecular weight excluding hydrogens is 396 g/mol. The molecule has 31 heavy (non-hydrogen) atoms. The van der Waals surface area contributed by atoms with Crippen molar-refractivity contribution in [2.45, 2.75) is 58.3 Å². The molecule has 0 bridgehead atoms. The van der Waals surface area contributed by atoms with E-state index in [2.05, 4.69) is 6.92 Å². The minimum Gasteiger partial charge on any atom is -0.494 e. The monoisotopic (exact) mass is 428 g/mol. The fraction of sp³-hybridized carbons (Fsp3) is 0.440. The Hall–Kier alpha value is -3.02. The Labute approximate surface area is 184 Å². The van der Waals surface area contributed by atoms with E-state index in [4.69, 9.17) is 19.3 Å². The molecule has 2 rings (SSSR count). The maximum absolute atomic E-state index is 12.4. The fourth-order valence-electron chi connectivity index (χ4n) is 3.16. The molecule has 0 spiro atoms. The Morgan fingerprint density at radius 1 is 0.806 bits per heavy atom. The number of hydrogen-bond donors (Lipinski definition) is 1. The molecular formula is C25H32O6. The topological polar surface area (TPSA) is 82.1 Å². The summed E-state index contributed by atoms with van der Waals surface area (Å²) in [6, 6.07) is 10.8. The third-order valence-electron chi connectivity index (χ3n) is 4.97. The number of esters is 1. The molecule has 1 N–H and O–H groups in total. The summed E-state index contributed by atoms with van der Waals surface area (Å²) >= 11 is 0. The van der Waals surface area contributed by atoms with Crippen LogP contribution in [0.15, 0.2) is 42.5 Å². The van der Waals surface area contributed by atoms with E-state index in [-0.39, 0.29) is 17.1 Å². The van der Waals surface area contributed by atoms with Crippen molar-refractivity contribution in [3.63, 3.8) is 0 Å². The van der Waals surface area contributed by atoms with Crippen molar-refractivity contribution in [2.24, 2.45) is 0 Å². The number of carboxylic acids is 1. The van der Waals surface area contributed by atoms with Gasteiger partial charge in [-0.05, 0) is 48.9 Å². The first-order chi connectivity index (χ1) is 15.0. The normalized spacial score (nSPS) is 10.5. The summed E-state index contributed by atoms with van der Waals surface area (Å²) in [5, 5.41) is 9.05. The molecule has 0 amide bonds. The van der Waals surface area contributed by atoms with Crippen LogP contribution in [0.2, 0.25) is 0 Å². The first-order valence-corrected chi connectivity index (χ1v) is 10.9. The van der Waals surface area contributed by atoms with Crippen LogP contribution in [-0.2, 0) is 0 Å². The lowest BCUT2D eigenvalue weighted by Crippen LogP contribution is -2.10. The highest BCUT2D eigenvalue weighted by Gasteiger charge is 2.15. The third kappa shape index (κ3) is 8.32. The molecule has 0 aliphatic heterocycles. The maximum atomic E-state index is 12.4. The average Bonchev–Trinajstić information content (AvgIpc) is 2.78. The second kappa shape index (κ2) is 13.3. The van der Waals surface area contributed by atoms with Crippen LogP contribution in [-0.4, -0.2) is 30.8 Å². The number of aromatic carboxylic acids is 1. The quantitative estimate of drug-likeness (QED) is 0.221. The van der Waals surface area contributed by atoms with Gasteiger partial charge in [-0.25, -0.2) is 9.59 Å². The van der Waals surface area contributed by atoms with Crippen molar-refractivity contribution in [2.75, 3.05) is 13.7 Å². The van der Waals surface area contributed by atoms with Gasteiger partial charge in [-0.2, -0.15) is 0 Å². The van der Waals surface area contributed by atoms with E-state index in [0.717, 1.165) is 6.42 Å². The molecule has 0 saturated heterocycles.